The molecular formula is C21H12F3NO5. The van der Waals surface area contributed by atoms with Gasteiger partial charge in [-0.15, -0.1) is 0 Å². The number of fused-ring (bicyclic) bond motifs is 2. The zero-order valence-electron chi connectivity index (χ0n) is 15.2. The lowest BCUT2D eigenvalue weighted by Gasteiger charge is -2.22. The number of ketones is 2. The quantitative estimate of drug-likeness (QED) is 0.345. The first-order chi connectivity index (χ1) is 14.3. The number of nitrogens with one attached hydrogen (secondary N) is 1. The highest BCUT2D eigenvalue weighted by molar-refractivity contribution is 6.30. The molecule has 0 saturated heterocycles. The van der Waals surface area contributed by atoms with E-state index in [1.165, 1.54) is 25.3 Å². The van der Waals surface area contributed by atoms with Crippen LogP contribution in [0.4, 0.5) is 24.5 Å². The molecule has 3 N–H and O–H groups in total. The van der Waals surface area contributed by atoms with E-state index in [1.807, 2.05) is 0 Å². The molecule has 0 saturated carbocycles. The van der Waals surface area contributed by atoms with Gasteiger partial charge < -0.3 is 20.3 Å². The molecule has 0 unspecified atom stereocenters. The molecular weight excluding hydrogens is 403 g/mol. The normalized spacial score (nSPS) is 12.4. The van der Waals surface area contributed by atoms with Gasteiger partial charge in [-0.2, -0.15) is 0 Å². The largest absolute Gasteiger partial charge is 0.507 e. The molecule has 0 fully saturated rings. The molecule has 4 rings (SSSR count). The second-order valence-electron chi connectivity index (χ2n) is 6.44. The molecule has 0 aromatic heterocycles. The Balaban J connectivity index is 1.95. The number of anilines is 2. The van der Waals surface area contributed by atoms with Crippen molar-refractivity contribution in [2.45, 2.75) is 0 Å². The smallest absolute Gasteiger partial charge is 0.201 e. The van der Waals surface area contributed by atoms with Gasteiger partial charge in [0, 0.05) is 11.8 Å². The zero-order chi connectivity index (χ0) is 21.7. The topological polar surface area (TPSA) is 95.9 Å². The summed E-state index contributed by atoms with van der Waals surface area (Å²) in [6.07, 6.45) is 0. The van der Waals surface area contributed by atoms with Gasteiger partial charge in [0.25, 0.3) is 0 Å². The van der Waals surface area contributed by atoms with Crippen LogP contribution in [-0.4, -0.2) is 28.9 Å². The van der Waals surface area contributed by atoms with Crippen LogP contribution in [0.5, 0.6) is 17.2 Å². The van der Waals surface area contributed by atoms with Crippen LogP contribution in [0.15, 0.2) is 36.4 Å². The highest BCUT2D eigenvalue weighted by Crippen LogP contribution is 2.42. The maximum atomic E-state index is 15.2. The summed E-state index contributed by atoms with van der Waals surface area (Å²) < 4.78 is 49.7. The molecule has 0 radical (unpaired) electrons. The van der Waals surface area contributed by atoms with Crippen molar-refractivity contribution >= 4 is 22.9 Å². The Hall–Kier alpha value is -4.01. The fraction of sp³-hybridized carbons (Fsp3) is 0.0476. The third-order valence-corrected chi connectivity index (χ3v) is 4.73. The fourth-order valence-electron chi connectivity index (χ4n) is 3.33. The molecule has 6 nitrogen and oxygen atoms in total. The average molecular weight is 415 g/mol. The summed E-state index contributed by atoms with van der Waals surface area (Å²) in [7, 11) is 1.38. The first kappa shape index (κ1) is 19.3. The Morgan fingerprint density at radius 3 is 1.93 bits per heavy atom. The lowest BCUT2D eigenvalue weighted by Crippen LogP contribution is -2.26. The van der Waals surface area contributed by atoms with E-state index in [4.69, 9.17) is 4.74 Å². The minimum Gasteiger partial charge on any atom is -0.507 e. The van der Waals surface area contributed by atoms with Crippen molar-refractivity contribution in [1.82, 2.24) is 0 Å². The average Bonchev–Trinajstić information content (AvgIpc) is 2.73. The van der Waals surface area contributed by atoms with Crippen LogP contribution in [0.1, 0.15) is 31.8 Å². The molecule has 30 heavy (non-hydrogen) atoms. The molecule has 0 spiro atoms. The third kappa shape index (κ3) is 2.66. The third-order valence-electron chi connectivity index (χ3n) is 4.73. The molecule has 0 aliphatic heterocycles. The number of hydrogen-bond donors (Lipinski definition) is 3. The van der Waals surface area contributed by atoms with Crippen LogP contribution < -0.4 is 10.1 Å². The number of hydrogen-bond acceptors (Lipinski definition) is 6. The number of carbonyl (C=O) groups is 2. The van der Waals surface area contributed by atoms with E-state index in [9.17, 15) is 28.6 Å². The fourth-order valence-corrected chi connectivity index (χ4v) is 3.33. The Kier molecular flexibility index (Phi) is 4.38. The van der Waals surface area contributed by atoms with Crippen molar-refractivity contribution in [3.63, 3.8) is 0 Å². The van der Waals surface area contributed by atoms with E-state index >= 15 is 4.39 Å². The minimum atomic E-state index is -1.76. The number of phenols is 2. The Bertz CT molecular complexity index is 1260. The van der Waals surface area contributed by atoms with Gasteiger partial charge in [0.05, 0.1) is 29.4 Å². The Morgan fingerprint density at radius 2 is 1.37 bits per heavy atom. The molecule has 9 heteroatoms. The molecule has 3 aromatic rings. The lowest BCUT2D eigenvalue weighted by molar-refractivity contribution is 0.0966. The number of ether oxygens (including phenoxy) is 1. The Labute approximate surface area is 167 Å². The maximum Gasteiger partial charge on any atom is 0.201 e. The minimum absolute atomic E-state index is 0.127. The maximum absolute atomic E-state index is 15.2. The standard InChI is InChI=1S/C21H12F3NO5/c1-30-9-4-2-3-8(7-9)25-19-17(23)15-14(16(22)18(19)24)20(28)12-10(26)5-6-11(27)13(12)21(15)29/h2-7,25-27H,1H3. The lowest BCUT2D eigenvalue weighted by atomic mass is 9.82. The summed E-state index contributed by atoms with van der Waals surface area (Å²) in [6, 6.07) is 7.72. The molecule has 1 aliphatic rings. The predicted molar refractivity (Wildman–Crippen MR) is 99.2 cm³/mol. The first-order valence-electron chi connectivity index (χ1n) is 8.52. The highest BCUT2D eigenvalue weighted by atomic mass is 19.2. The van der Waals surface area contributed by atoms with Gasteiger partial charge >= 0.3 is 0 Å². The van der Waals surface area contributed by atoms with Crippen molar-refractivity contribution in [2.24, 2.45) is 0 Å². The molecule has 0 amide bonds. The van der Waals surface area contributed by atoms with Crippen molar-refractivity contribution in [3.8, 4) is 17.2 Å². The summed E-state index contributed by atoms with van der Waals surface area (Å²) in [4.78, 5) is 25.5. The number of phenolic OH excluding ortho intramolecular Hbond substituents is 2. The van der Waals surface area contributed by atoms with E-state index in [1.54, 1.807) is 6.07 Å². The van der Waals surface area contributed by atoms with Crippen molar-refractivity contribution in [1.29, 1.82) is 0 Å². The molecule has 0 atom stereocenters. The van der Waals surface area contributed by atoms with E-state index in [0.29, 0.717) is 5.75 Å². The van der Waals surface area contributed by atoms with Crippen molar-refractivity contribution in [2.75, 3.05) is 12.4 Å². The summed E-state index contributed by atoms with van der Waals surface area (Å²) in [6.45, 7) is 0. The summed E-state index contributed by atoms with van der Waals surface area (Å²) in [5.41, 5.74) is -4.48. The van der Waals surface area contributed by atoms with Crippen LogP contribution in [0.25, 0.3) is 0 Å². The zero-order valence-corrected chi connectivity index (χ0v) is 15.2. The summed E-state index contributed by atoms with van der Waals surface area (Å²) >= 11 is 0. The molecule has 3 aromatic carbocycles. The molecule has 0 heterocycles. The number of methoxy groups -OCH3 is 1. The predicted octanol–water partition coefficient (Wildman–Crippen LogP) is 4.04. The second kappa shape index (κ2) is 6.80. The monoisotopic (exact) mass is 415 g/mol. The van der Waals surface area contributed by atoms with Crippen LogP contribution in [0, 0.1) is 17.5 Å². The van der Waals surface area contributed by atoms with Gasteiger partial charge in [-0.05, 0) is 24.3 Å². The van der Waals surface area contributed by atoms with Crippen LogP contribution in [0.2, 0.25) is 0 Å². The molecule has 1 aliphatic carbocycles. The Morgan fingerprint density at radius 1 is 0.800 bits per heavy atom. The van der Waals surface area contributed by atoms with Crippen molar-refractivity contribution < 1.29 is 37.7 Å². The van der Waals surface area contributed by atoms with Crippen LogP contribution >= 0.6 is 0 Å². The van der Waals surface area contributed by atoms with Gasteiger partial charge in [-0.3, -0.25) is 9.59 Å². The number of benzene rings is 3. The van der Waals surface area contributed by atoms with E-state index < -0.39 is 68.5 Å². The highest BCUT2D eigenvalue weighted by Gasteiger charge is 2.41. The summed E-state index contributed by atoms with van der Waals surface area (Å²) in [5.74, 6) is -8.68. The first-order valence-corrected chi connectivity index (χ1v) is 8.52. The molecule has 152 valence electrons. The second-order valence-corrected chi connectivity index (χ2v) is 6.44. The van der Waals surface area contributed by atoms with Gasteiger partial charge in [0.1, 0.15) is 22.9 Å². The van der Waals surface area contributed by atoms with Crippen LogP contribution in [0.3, 0.4) is 0 Å². The van der Waals surface area contributed by atoms with Gasteiger partial charge in [0.15, 0.2) is 17.5 Å². The number of halogens is 3. The van der Waals surface area contributed by atoms with E-state index in [2.05, 4.69) is 5.32 Å². The van der Waals surface area contributed by atoms with Crippen molar-refractivity contribution in [3.05, 3.63) is 76.1 Å². The van der Waals surface area contributed by atoms with Gasteiger partial charge in [-0.1, -0.05) is 6.07 Å². The number of rotatable bonds is 3. The van der Waals surface area contributed by atoms with E-state index in [0.717, 1.165) is 12.1 Å². The number of aromatic hydroxyl groups is 2. The van der Waals surface area contributed by atoms with E-state index in [-0.39, 0.29) is 5.69 Å². The number of carbonyl (C=O) groups excluding carboxylic acids is 2. The van der Waals surface area contributed by atoms with Gasteiger partial charge in [-0.25, -0.2) is 13.2 Å². The van der Waals surface area contributed by atoms with Gasteiger partial charge in [0.2, 0.25) is 11.6 Å². The van der Waals surface area contributed by atoms with Crippen LogP contribution in [-0.2, 0) is 0 Å². The summed E-state index contributed by atoms with van der Waals surface area (Å²) in [5, 5.41) is 22.2. The SMILES string of the molecule is COc1cccc(Nc2c(F)c(F)c3c(c2F)C(=O)c2c(O)ccc(O)c2C3=O)c1. The molecule has 0 bridgehead atoms.